The molecule has 0 fully saturated rings. The fourth-order valence-electron chi connectivity index (χ4n) is 1.36. The topological polar surface area (TPSA) is 87.7 Å². The molecule has 2 aromatic rings. The van der Waals surface area contributed by atoms with Gasteiger partial charge in [0.05, 0.1) is 23.1 Å². The van der Waals surface area contributed by atoms with Gasteiger partial charge in [0, 0.05) is 18.3 Å². The zero-order valence-corrected chi connectivity index (χ0v) is 10.8. The minimum atomic E-state index is -3.47. The quantitative estimate of drug-likeness (QED) is 0.838. The summed E-state index contributed by atoms with van der Waals surface area (Å²) >= 11 is 1.49. The molecule has 92 valence electrons. The normalized spacial score (nSPS) is 11.8. The third-order valence-electron chi connectivity index (χ3n) is 2.23. The molecule has 2 aromatic heterocycles. The van der Waals surface area contributed by atoms with Crippen LogP contribution in [0.25, 0.3) is 0 Å². The van der Waals surface area contributed by atoms with E-state index in [1.165, 1.54) is 17.5 Å². The van der Waals surface area contributed by atoms with Crippen molar-refractivity contribution in [1.82, 2.24) is 19.9 Å². The van der Waals surface area contributed by atoms with Gasteiger partial charge in [-0.25, -0.2) is 18.1 Å². The van der Waals surface area contributed by atoms with Gasteiger partial charge in [0.15, 0.2) is 0 Å². The van der Waals surface area contributed by atoms with Crippen molar-refractivity contribution in [3.63, 3.8) is 0 Å². The number of hydrogen-bond donors (Lipinski definition) is 2. The number of hydrogen-bond acceptors (Lipinski definition) is 5. The second-order valence-electron chi connectivity index (χ2n) is 3.49. The van der Waals surface area contributed by atoms with Gasteiger partial charge in [-0.3, -0.25) is 5.10 Å². The first-order chi connectivity index (χ1) is 8.09. The maximum absolute atomic E-state index is 11.9. The zero-order chi connectivity index (χ0) is 12.3. The van der Waals surface area contributed by atoms with Gasteiger partial charge in [-0.1, -0.05) is 0 Å². The number of sulfonamides is 1. The van der Waals surface area contributed by atoms with E-state index in [2.05, 4.69) is 19.9 Å². The lowest BCUT2D eigenvalue weighted by Gasteiger charge is -2.04. The van der Waals surface area contributed by atoms with Gasteiger partial charge in [-0.2, -0.15) is 5.10 Å². The predicted molar refractivity (Wildman–Crippen MR) is 64.3 cm³/mol. The summed E-state index contributed by atoms with van der Waals surface area (Å²) in [5, 5.41) is 8.19. The SMILES string of the molecule is Cc1[nH]ncc1S(=O)(=O)NCCc1cscn1. The van der Waals surface area contributed by atoms with Gasteiger partial charge >= 0.3 is 0 Å². The monoisotopic (exact) mass is 272 g/mol. The van der Waals surface area contributed by atoms with Crippen LogP contribution in [0.5, 0.6) is 0 Å². The molecule has 0 aliphatic heterocycles. The molecule has 8 heteroatoms. The number of rotatable bonds is 5. The Morgan fingerprint density at radius 3 is 2.94 bits per heavy atom. The van der Waals surface area contributed by atoms with Gasteiger partial charge in [-0.15, -0.1) is 11.3 Å². The van der Waals surface area contributed by atoms with E-state index < -0.39 is 10.0 Å². The molecule has 0 aromatic carbocycles. The Bertz CT molecular complexity index is 574. The van der Waals surface area contributed by atoms with Crippen LogP contribution in [0, 0.1) is 6.92 Å². The molecule has 0 saturated heterocycles. The van der Waals surface area contributed by atoms with Crippen molar-refractivity contribution in [1.29, 1.82) is 0 Å². The second-order valence-corrected chi connectivity index (χ2v) is 5.94. The number of nitrogens with zero attached hydrogens (tertiary/aromatic N) is 2. The molecule has 2 rings (SSSR count). The first kappa shape index (κ1) is 12.2. The molecule has 6 nitrogen and oxygen atoms in total. The molecule has 0 unspecified atom stereocenters. The Kier molecular flexibility index (Phi) is 3.55. The van der Waals surface area contributed by atoms with Crippen molar-refractivity contribution >= 4 is 21.4 Å². The molecular formula is C9H12N4O2S2. The van der Waals surface area contributed by atoms with E-state index in [1.807, 2.05) is 5.38 Å². The lowest BCUT2D eigenvalue weighted by atomic mass is 10.3. The molecule has 0 amide bonds. The highest BCUT2D eigenvalue weighted by Gasteiger charge is 2.17. The molecule has 2 heterocycles. The Balaban J connectivity index is 1.97. The highest BCUT2D eigenvalue weighted by molar-refractivity contribution is 7.89. The van der Waals surface area contributed by atoms with Gasteiger partial charge in [0.1, 0.15) is 4.90 Å². The summed E-state index contributed by atoms with van der Waals surface area (Å²) in [5.41, 5.74) is 3.15. The Morgan fingerprint density at radius 2 is 2.35 bits per heavy atom. The van der Waals surface area contributed by atoms with Crippen molar-refractivity contribution < 1.29 is 8.42 Å². The molecule has 0 aliphatic rings. The largest absolute Gasteiger partial charge is 0.281 e. The lowest BCUT2D eigenvalue weighted by Crippen LogP contribution is -2.26. The van der Waals surface area contributed by atoms with Crippen LogP contribution in [-0.4, -0.2) is 30.1 Å². The summed E-state index contributed by atoms with van der Waals surface area (Å²) < 4.78 is 26.2. The smallest absolute Gasteiger partial charge is 0.243 e. The van der Waals surface area contributed by atoms with Crippen LogP contribution in [0.3, 0.4) is 0 Å². The summed E-state index contributed by atoms with van der Waals surface area (Å²) in [6.45, 7) is 2.00. The van der Waals surface area contributed by atoms with Gasteiger partial charge in [-0.05, 0) is 6.92 Å². The van der Waals surface area contributed by atoms with E-state index in [1.54, 1.807) is 12.4 Å². The molecule has 0 spiro atoms. The van der Waals surface area contributed by atoms with Crippen LogP contribution in [0.15, 0.2) is 22.0 Å². The fourth-order valence-corrected chi connectivity index (χ4v) is 3.12. The maximum atomic E-state index is 11.9. The summed E-state index contributed by atoms with van der Waals surface area (Å²) in [6, 6.07) is 0. The summed E-state index contributed by atoms with van der Waals surface area (Å²) in [5.74, 6) is 0. The minimum absolute atomic E-state index is 0.191. The van der Waals surface area contributed by atoms with E-state index in [0.29, 0.717) is 18.7 Å². The van der Waals surface area contributed by atoms with Crippen molar-refractivity contribution in [2.45, 2.75) is 18.2 Å². The summed E-state index contributed by atoms with van der Waals surface area (Å²) in [6.07, 6.45) is 1.89. The van der Waals surface area contributed by atoms with E-state index in [4.69, 9.17) is 0 Å². The lowest BCUT2D eigenvalue weighted by molar-refractivity contribution is 0.581. The van der Waals surface area contributed by atoms with Crippen molar-refractivity contribution in [2.24, 2.45) is 0 Å². The molecule has 17 heavy (non-hydrogen) atoms. The van der Waals surface area contributed by atoms with E-state index in [0.717, 1.165) is 5.69 Å². The van der Waals surface area contributed by atoms with Gasteiger partial charge in [0.2, 0.25) is 10.0 Å². The fraction of sp³-hybridized carbons (Fsp3) is 0.333. The number of H-pyrrole nitrogens is 1. The maximum Gasteiger partial charge on any atom is 0.243 e. The van der Waals surface area contributed by atoms with Crippen LogP contribution in [0.4, 0.5) is 0 Å². The third-order valence-corrected chi connectivity index (χ3v) is 4.44. The van der Waals surface area contributed by atoms with Crippen LogP contribution in [-0.2, 0) is 16.4 Å². The molecular weight excluding hydrogens is 260 g/mol. The predicted octanol–water partition coefficient (Wildman–Crippen LogP) is 0.696. The van der Waals surface area contributed by atoms with Crippen molar-refractivity contribution in [2.75, 3.05) is 6.54 Å². The molecule has 2 N–H and O–H groups in total. The standard InChI is InChI=1S/C9H12N4O2S2/c1-7-9(4-11-13-7)17(14,15)12-3-2-8-5-16-6-10-8/h4-6,12H,2-3H2,1H3,(H,11,13). The van der Waals surface area contributed by atoms with Gasteiger partial charge < -0.3 is 0 Å². The number of nitrogens with one attached hydrogen (secondary N) is 2. The first-order valence-electron chi connectivity index (χ1n) is 4.96. The molecule has 0 radical (unpaired) electrons. The third kappa shape index (κ3) is 2.90. The van der Waals surface area contributed by atoms with Gasteiger partial charge in [0.25, 0.3) is 0 Å². The number of aromatic nitrogens is 3. The van der Waals surface area contributed by atoms with Crippen LogP contribution in [0.2, 0.25) is 0 Å². The van der Waals surface area contributed by atoms with Crippen molar-refractivity contribution in [3.8, 4) is 0 Å². The number of aromatic amines is 1. The minimum Gasteiger partial charge on any atom is -0.281 e. The van der Waals surface area contributed by atoms with E-state index in [9.17, 15) is 8.42 Å². The number of thiazole rings is 1. The summed E-state index contributed by atoms with van der Waals surface area (Å²) in [7, 11) is -3.47. The molecule has 0 aliphatic carbocycles. The van der Waals surface area contributed by atoms with E-state index in [-0.39, 0.29) is 4.90 Å². The average Bonchev–Trinajstić information content (AvgIpc) is 2.88. The summed E-state index contributed by atoms with van der Waals surface area (Å²) in [4.78, 5) is 4.27. The Morgan fingerprint density at radius 1 is 1.53 bits per heavy atom. The Hall–Kier alpha value is -1.25. The highest BCUT2D eigenvalue weighted by atomic mass is 32.2. The van der Waals surface area contributed by atoms with Crippen LogP contribution in [0.1, 0.15) is 11.4 Å². The molecule has 0 saturated carbocycles. The molecule has 0 bridgehead atoms. The Labute approximate surface area is 103 Å². The van der Waals surface area contributed by atoms with Crippen LogP contribution < -0.4 is 4.72 Å². The number of aryl methyl sites for hydroxylation is 1. The average molecular weight is 272 g/mol. The van der Waals surface area contributed by atoms with Crippen LogP contribution >= 0.6 is 11.3 Å². The second kappa shape index (κ2) is 4.94. The highest BCUT2D eigenvalue weighted by Crippen LogP contribution is 2.10. The van der Waals surface area contributed by atoms with Crippen molar-refractivity contribution in [3.05, 3.63) is 28.5 Å². The van der Waals surface area contributed by atoms with E-state index >= 15 is 0 Å². The first-order valence-corrected chi connectivity index (χ1v) is 7.39. The molecule has 0 atom stereocenters. The zero-order valence-electron chi connectivity index (χ0n) is 9.17.